The zero-order valence-corrected chi connectivity index (χ0v) is 13.1. The first-order valence-electron chi connectivity index (χ1n) is 7.03. The molecular weight excluding hydrogens is 286 g/mol. The monoisotopic (exact) mass is 308 g/mol. The molecule has 0 aliphatic carbocycles. The van der Waals surface area contributed by atoms with Crippen LogP contribution in [0.15, 0.2) is 24.3 Å². The van der Waals surface area contributed by atoms with Crippen LogP contribution in [0.4, 0.5) is 10.5 Å². The smallest absolute Gasteiger partial charge is 0.413 e. The van der Waals surface area contributed by atoms with Gasteiger partial charge in [0.05, 0.1) is 14.2 Å². The molecule has 1 aromatic rings. The molecule has 0 bridgehead atoms. The minimum atomic E-state index is -0.806. The molecule has 1 rings (SSSR count). The average Bonchev–Trinajstić information content (AvgIpc) is 2.46. The van der Waals surface area contributed by atoms with Crippen molar-refractivity contribution in [3.05, 3.63) is 29.8 Å². The largest absolute Gasteiger partial charge is 0.453 e. The fraction of sp³-hybridized carbons (Fsp3) is 0.400. The van der Waals surface area contributed by atoms with Crippen molar-refractivity contribution in [3.63, 3.8) is 0 Å². The Bertz CT molecular complexity index is 545. The van der Waals surface area contributed by atoms with Crippen LogP contribution in [0.2, 0.25) is 0 Å². The fourth-order valence-electron chi connectivity index (χ4n) is 1.96. The van der Waals surface area contributed by atoms with E-state index in [0.717, 1.165) is 17.7 Å². The Morgan fingerprint density at radius 3 is 2.41 bits per heavy atom. The van der Waals surface area contributed by atoms with E-state index in [1.54, 1.807) is 7.05 Å². The lowest BCUT2D eigenvalue weighted by Gasteiger charge is -2.14. The van der Waals surface area contributed by atoms with Crippen LogP contribution in [0, 0.1) is 0 Å². The molecule has 3 N–H and O–H groups in total. The van der Waals surface area contributed by atoms with Crippen LogP contribution in [0.1, 0.15) is 12.5 Å². The number of rotatable bonds is 6. The summed E-state index contributed by atoms with van der Waals surface area (Å²) in [4.78, 5) is 35.0. The molecule has 0 aliphatic heterocycles. The van der Waals surface area contributed by atoms with E-state index in [0.29, 0.717) is 4.90 Å². The van der Waals surface area contributed by atoms with Gasteiger partial charge in [-0.1, -0.05) is 25.1 Å². The van der Waals surface area contributed by atoms with Crippen LogP contribution in [0.3, 0.4) is 0 Å². The quantitative estimate of drug-likeness (QED) is 0.666. The molecule has 3 amide bonds. The number of alkyl carbamates (subject to hydrolysis) is 1. The Morgan fingerprint density at radius 1 is 1.14 bits per heavy atom. The highest BCUT2D eigenvalue weighted by atomic mass is 16.5. The van der Waals surface area contributed by atoms with Gasteiger partial charge in [0, 0.05) is 5.69 Å². The molecule has 22 heavy (non-hydrogen) atoms. The number of likely N-dealkylation sites (N-methyl/N-ethyl adjacent to an activating group) is 1. The molecule has 0 saturated heterocycles. The summed E-state index contributed by atoms with van der Waals surface area (Å²) in [5, 5.41) is 4.88. The number of aryl methyl sites for hydroxylation is 1. The van der Waals surface area contributed by atoms with Gasteiger partial charge >= 0.3 is 6.09 Å². The second-order valence-electron chi connectivity index (χ2n) is 4.91. The van der Waals surface area contributed by atoms with E-state index < -0.39 is 12.0 Å². The number of nitrogens with one attached hydrogen (secondary N) is 3. The van der Waals surface area contributed by atoms with Crippen LogP contribution >= 0.6 is 0 Å². The Morgan fingerprint density at radius 2 is 1.77 bits per heavy atom. The first-order chi connectivity index (χ1) is 10.5. The number of methoxy groups -OCH3 is 1. The van der Waals surface area contributed by atoms with Crippen molar-refractivity contribution in [3.8, 4) is 0 Å². The topological polar surface area (TPSA) is 88.9 Å². The normalized spacial score (nSPS) is 11.4. The van der Waals surface area contributed by atoms with Gasteiger partial charge in [-0.25, -0.2) is 4.79 Å². The molecule has 120 valence electrons. The predicted molar refractivity (Wildman–Crippen MR) is 81.6 cm³/mol. The van der Waals surface area contributed by atoms with Crippen molar-refractivity contribution in [2.45, 2.75) is 13.3 Å². The number of carbonyl (C=O) groups is 3. The van der Waals surface area contributed by atoms with Gasteiger partial charge in [0.25, 0.3) is 11.8 Å². The van der Waals surface area contributed by atoms with Gasteiger partial charge < -0.3 is 15.0 Å². The summed E-state index contributed by atoms with van der Waals surface area (Å²) >= 11 is 0. The average molecular weight is 308 g/mol. The number of carbonyl (C=O) groups excluding carboxylic acids is 3. The number of benzene rings is 1. The first-order valence-corrected chi connectivity index (χ1v) is 7.03. The van der Waals surface area contributed by atoms with Crippen molar-refractivity contribution in [1.82, 2.24) is 5.32 Å². The summed E-state index contributed by atoms with van der Waals surface area (Å²) in [6.07, 6.45) is 0.0138. The van der Waals surface area contributed by atoms with E-state index in [4.69, 9.17) is 0 Å². The van der Waals surface area contributed by atoms with E-state index in [-0.39, 0.29) is 19.0 Å². The first kappa shape index (κ1) is 17.6. The number of imide groups is 1. The van der Waals surface area contributed by atoms with Gasteiger partial charge in [-0.15, -0.1) is 0 Å². The Hall–Kier alpha value is -2.41. The fourth-order valence-corrected chi connectivity index (χ4v) is 1.96. The van der Waals surface area contributed by atoms with Crippen molar-refractivity contribution in [2.75, 3.05) is 32.6 Å². The van der Waals surface area contributed by atoms with Crippen molar-refractivity contribution < 1.29 is 24.0 Å². The molecule has 1 atom stereocenters. The molecule has 1 aromatic carbocycles. The lowest BCUT2D eigenvalue weighted by molar-refractivity contribution is -0.862. The standard InChI is InChI=1S/C15H21N3O4/c1-4-11-7-5-6-8-12(11)16-13(19)9-18(2)10-14(20)17-15(21)22-3/h5-8H,4,9-10H2,1-3H3,(H,16,19)(H,17,20,21)/p+1. The number of hydrogen-bond acceptors (Lipinski definition) is 4. The molecule has 0 saturated carbocycles. The van der Waals surface area contributed by atoms with E-state index in [2.05, 4.69) is 10.1 Å². The SMILES string of the molecule is CCc1ccccc1NC(=O)C[NH+](C)CC(=O)NC(=O)OC. The van der Waals surface area contributed by atoms with Gasteiger partial charge in [0.1, 0.15) is 0 Å². The van der Waals surface area contributed by atoms with E-state index >= 15 is 0 Å². The molecule has 0 spiro atoms. The highest BCUT2D eigenvalue weighted by molar-refractivity contribution is 5.93. The van der Waals surface area contributed by atoms with E-state index in [1.165, 1.54) is 7.11 Å². The Labute approximate surface area is 129 Å². The zero-order valence-electron chi connectivity index (χ0n) is 13.1. The molecule has 0 heterocycles. The number of amides is 3. The number of ether oxygens (including phenoxy) is 1. The third-order valence-electron chi connectivity index (χ3n) is 3.02. The van der Waals surface area contributed by atoms with Crippen LogP contribution in [0.25, 0.3) is 0 Å². The molecule has 7 heteroatoms. The lowest BCUT2D eigenvalue weighted by Crippen LogP contribution is -3.11. The maximum absolute atomic E-state index is 12.0. The van der Waals surface area contributed by atoms with Crippen LogP contribution < -0.4 is 15.5 Å². The maximum Gasteiger partial charge on any atom is 0.413 e. The van der Waals surface area contributed by atoms with Crippen LogP contribution in [0.5, 0.6) is 0 Å². The number of hydrogen-bond donors (Lipinski definition) is 3. The molecule has 0 aliphatic rings. The highest BCUT2D eigenvalue weighted by Crippen LogP contribution is 2.14. The number of anilines is 1. The summed E-state index contributed by atoms with van der Waals surface area (Å²) in [6.45, 7) is 2.13. The third-order valence-corrected chi connectivity index (χ3v) is 3.02. The summed E-state index contributed by atoms with van der Waals surface area (Å²) in [6, 6.07) is 7.57. The van der Waals surface area contributed by atoms with Crippen LogP contribution in [-0.4, -0.2) is 45.2 Å². The summed E-state index contributed by atoms with van der Waals surface area (Å²) in [5.74, 6) is -0.685. The molecule has 0 aromatic heterocycles. The second-order valence-corrected chi connectivity index (χ2v) is 4.91. The minimum absolute atomic E-state index is 0.00204. The Balaban J connectivity index is 2.47. The van der Waals surface area contributed by atoms with Crippen molar-refractivity contribution in [1.29, 1.82) is 0 Å². The lowest BCUT2D eigenvalue weighted by atomic mass is 10.1. The molecular formula is C15H22N3O4+. The second kappa shape index (κ2) is 8.78. The van der Waals surface area contributed by atoms with Crippen molar-refractivity contribution in [2.24, 2.45) is 0 Å². The zero-order chi connectivity index (χ0) is 16.5. The van der Waals surface area contributed by atoms with E-state index in [1.807, 2.05) is 36.5 Å². The van der Waals surface area contributed by atoms with E-state index in [9.17, 15) is 14.4 Å². The van der Waals surface area contributed by atoms with Gasteiger partial charge in [-0.05, 0) is 18.1 Å². The number of quaternary nitrogens is 1. The highest BCUT2D eigenvalue weighted by Gasteiger charge is 2.16. The van der Waals surface area contributed by atoms with Crippen molar-refractivity contribution >= 4 is 23.6 Å². The minimum Gasteiger partial charge on any atom is -0.453 e. The predicted octanol–water partition coefficient (Wildman–Crippen LogP) is -0.415. The summed E-state index contributed by atoms with van der Waals surface area (Å²) in [5.41, 5.74) is 1.83. The van der Waals surface area contributed by atoms with Crippen LogP contribution in [-0.2, 0) is 20.7 Å². The molecule has 1 unspecified atom stereocenters. The van der Waals surface area contributed by atoms with Gasteiger partial charge in [-0.2, -0.15) is 0 Å². The number of para-hydroxylation sites is 1. The summed E-state index contributed by atoms with van der Waals surface area (Å²) in [7, 11) is 2.87. The third kappa shape index (κ3) is 5.92. The van der Waals surface area contributed by atoms with Gasteiger partial charge in [-0.3, -0.25) is 14.9 Å². The maximum atomic E-state index is 12.0. The Kier molecular flexibility index (Phi) is 7.04. The summed E-state index contributed by atoms with van der Waals surface area (Å²) < 4.78 is 4.33. The molecule has 7 nitrogen and oxygen atoms in total. The van der Waals surface area contributed by atoms with Gasteiger partial charge in [0.15, 0.2) is 13.1 Å². The van der Waals surface area contributed by atoms with Gasteiger partial charge in [0.2, 0.25) is 0 Å². The molecule has 0 radical (unpaired) electrons. The molecule has 0 fully saturated rings.